The molecule has 0 bridgehead atoms. The third-order valence-corrected chi connectivity index (χ3v) is 3.14. The summed E-state index contributed by atoms with van der Waals surface area (Å²) in [5.74, 6) is 0. The maximum atomic E-state index is 3.49. The van der Waals surface area contributed by atoms with E-state index in [0.29, 0.717) is 0 Å². The van der Waals surface area contributed by atoms with Crippen LogP contribution in [-0.4, -0.2) is 18.6 Å². The molecule has 0 aliphatic carbocycles. The molecule has 0 saturated carbocycles. The molecule has 15 heavy (non-hydrogen) atoms. The van der Waals surface area contributed by atoms with Crippen LogP contribution in [0.1, 0.15) is 11.3 Å². The van der Waals surface area contributed by atoms with E-state index in [-0.39, 0.29) is 0 Å². The Balaban J connectivity index is 2.22. The van der Waals surface area contributed by atoms with Gasteiger partial charge in [-0.1, -0.05) is 6.07 Å². The summed E-state index contributed by atoms with van der Waals surface area (Å²) in [6.45, 7) is 2.06. The fourth-order valence-electron chi connectivity index (χ4n) is 2.33. The molecule has 2 heterocycles. The van der Waals surface area contributed by atoms with Crippen LogP contribution in [0, 0.1) is 0 Å². The molecule has 0 amide bonds. The maximum Gasteiger partial charge on any atom is 0.0480 e. The van der Waals surface area contributed by atoms with Gasteiger partial charge in [0.05, 0.1) is 0 Å². The van der Waals surface area contributed by atoms with Gasteiger partial charge < -0.3 is 15.6 Å². The maximum absolute atomic E-state index is 3.49. The molecule has 1 aromatic heterocycles. The molecule has 1 aliphatic heterocycles. The second-order valence-corrected chi connectivity index (χ2v) is 4.02. The first-order chi connectivity index (χ1) is 7.38. The van der Waals surface area contributed by atoms with Crippen molar-refractivity contribution in [3.63, 3.8) is 0 Å². The van der Waals surface area contributed by atoms with Gasteiger partial charge in [-0.3, -0.25) is 0 Å². The van der Waals surface area contributed by atoms with Crippen LogP contribution >= 0.6 is 0 Å². The topological polar surface area (TPSA) is 39.9 Å². The number of fused-ring (bicyclic) bond motifs is 3. The van der Waals surface area contributed by atoms with E-state index in [1.165, 1.54) is 22.2 Å². The van der Waals surface area contributed by atoms with Gasteiger partial charge >= 0.3 is 0 Å². The highest BCUT2D eigenvalue weighted by molar-refractivity contribution is 5.87. The first-order valence-electron chi connectivity index (χ1n) is 5.40. The third kappa shape index (κ3) is 1.31. The van der Waals surface area contributed by atoms with Gasteiger partial charge in [0, 0.05) is 35.9 Å². The van der Waals surface area contributed by atoms with Crippen LogP contribution in [-0.2, 0) is 13.0 Å². The SMILES string of the molecule is CNc1ccc2c3c([nH]c2c1)CNCC3. The van der Waals surface area contributed by atoms with E-state index in [0.717, 1.165) is 25.2 Å². The molecule has 0 radical (unpaired) electrons. The van der Waals surface area contributed by atoms with Crippen LogP contribution in [0.4, 0.5) is 5.69 Å². The van der Waals surface area contributed by atoms with Gasteiger partial charge in [-0.2, -0.15) is 0 Å². The molecule has 0 atom stereocenters. The number of hydrogen-bond acceptors (Lipinski definition) is 2. The lowest BCUT2D eigenvalue weighted by atomic mass is 10.0. The predicted molar refractivity (Wildman–Crippen MR) is 63.3 cm³/mol. The van der Waals surface area contributed by atoms with E-state index in [1.54, 1.807) is 0 Å². The van der Waals surface area contributed by atoms with Crippen LogP contribution in [0.25, 0.3) is 10.9 Å². The predicted octanol–water partition coefficient (Wildman–Crippen LogP) is 1.86. The van der Waals surface area contributed by atoms with Gasteiger partial charge in [0.1, 0.15) is 0 Å². The molecule has 3 rings (SSSR count). The Hall–Kier alpha value is -1.48. The Bertz CT molecular complexity index is 499. The van der Waals surface area contributed by atoms with E-state index in [4.69, 9.17) is 0 Å². The molecule has 3 nitrogen and oxygen atoms in total. The highest BCUT2D eigenvalue weighted by atomic mass is 14.9. The van der Waals surface area contributed by atoms with Gasteiger partial charge in [-0.15, -0.1) is 0 Å². The highest BCUT2D eigenvalue weighted by Crippen LogP contribution is 2.26. The molecular weight excluding hydrogens is 186 g/mol. The van der Waals surface area contributed by atoms with Gasteiger partial charge in [-0.25, -0.2) is 0 Å². The monoisotopic (exact) mass is 201 g/mol. The lowest BCUT2D eigenvalue weighted by molar-refractivity contribution is 0.637. The van der Waals surface area contributed by atoms with Crippen LogP contribution < -0.4 is 10.6 Å². The van der Waals surface area contributed by atoms with Crippen molar-refractivity contribution in [1.29, 1.82) is 0 Å². The summed E-state index contributed by atoms with van der Waals surface area (Å²) in [7, 11) is 1.95. The van der Waals surface area contributed by atoms with Gasteiger partial charge in [0.15, 0.2) is 0 Å². The summed E-state index contributed by atoms with van der Waals surface area (Å²) in [6.07, 6.45) is 1.13. The average molecular weight is 201 g/mol. The molecule has 1 aliphatic rings. The van der Waals surface area contributed by atoms with E-state index in [1.807, 2.05) is 7.05 Å². The van der Waals surface area contributed by atoms with Crippen molar-refractivity contribution in [2.24, 2.45) is 0 Å². The number of benzene rings is 1. The van der Waals surface area contributed by atoms with Gasteiger partial charge in [-0.05, 0) is 30.7 Å². The lowest BCUT2D eigenvalue weighted by Gasteiger charge is -2.12. The Morgan fingerprint density at radius 3 is 3.13 bits per heavy atom. The molecule has 0 spiro atoms. The number of aromatic nitrogens is 1. The molecule has 78 valence electrons. The molecule has 3 heteroatoms. The molecule has 1 aromatic carbocycles. The lowest BCUT2D eigenvalue weighted by Crippen LogP contribution is -2.22. The van der Waals surface area contributed by atoms with Crippen LogP contribution in [0.2, 0.25) is 0 Å². The van der Waals surface area contributed by atoms with Crippen molar-refractivity contribution in [3.05, 3.63) is 29.5 Å². The third-order valence-electron chi connectivity index (χ3n) is 3.14. The van der Waals surface area contributed by atoms with Crippen molar-refractivity contribution in [3.8, 4) is 0 Å². The molecule has 3 N–H and O–H groups in total. The van der Waals surface area contributed by atoms with Gasteiger partial charge in [0.25, 0.3) is 0 Å². The van der Waals surface area contributed by atoms with E-state index in [9.17, 15) is 0 Å². The van der Waals surface area contributed by atoms with Crippen molar-refractivity contribution < 1.29 is 0 Å². The van der Waals surface area contributed by atoms with Crippen molar-refractivity contribution in [1.82, 2.24) is 10.3 Å². The minimum atomic E-state index is 0.971. The number of hydrogen-bond donors (Lipinski definition) is 3. The van der Waals surface area contributed by atoms with Crippen molar-refractivity contribution in [2.75, 3.05) is 18.9 Å². The van der Waals surface area contributed by atoms with Crippen molar-refractivity contribution >= 4 is 16.6 Å². The highest BCUT2D eigenvalue weighted by Gasteiger charge is 2.14. The van der Waals surface area contributed by atoms with Crippen molar-refractivity contribution in [2.45, 2.75) is 13.0 Å². The molecular formula is C12H15N3. The molecule has 0 saturated heterocycles. The molecule has 0 unspecified atom stereocenters. The summed E-state index contributed by atoms with van der Waals surface area (Å²) in [4.78, 5) is 3.49. The summed E-state index contributed by atoms with van der Waals surface area (Å²) < 4.78 is 0. The summed E-state index contributed by atoms with van der Waals surface area (Å²) in [6, 6.07) is 6.52. The normalized spacial score (nSPS) is 15.3. The summed E-state index contributed by atoms with van der Waals surface area (Å²) in [5, 5.41) is 7.93. The minimum absolute atomic E-state index is 0.971. The fraction of sp³-hybridized carbons (Fsp3) is 0.333. The average Bonchev–Trinajstić information content (AvgIpc) is 2.66. The van der Waals surface area contributed by atoms with E-state index >= 15 is 0 Å². The number of H-pyrrole nitrogens is 1. The number of anilines is 1. The largest absolute Gasteiger partial charge is 0.388 e. The smallest absolute Gasteiger partial charge is 0.0480 e. The quantitative estimate of drug-likeness (QED) is 0.659. The number of aromatic amines is 1. The zero-order chi connectivity index (χ0) is 10.3. The standard InChI is InChI=1S/C12H15N3/c1-13-8-2-3-9-10-4-5-14-7-12(10)15-11(9)6-8/h2-3,6,13-15H,4-5,7H2,1H3. The van der Waals surface area contributed by atoms with Gasteiger partial charge in [0.2, 0.25) is 0 Å². The van der Waals surface area contributed by atoms with Crippen LogP contribution in [0.3, 0.4) is 0 Å². The van der Waals surface area contributed by atoms with E-state index < -0.39 is 0 Å². The van der Waals surface area contributed by atoms with E-state index in [2.05, 4.69) is 33.8 Å². The Morgan fingerprint density at radius 1 is 1.33 bits per heavy atom. The second-order valence-electron chi connectivity index (χ2n) is 4.02. The number of rotatable bonds is 1. The second kappa shape index (κ2) is 3.28. The summed E-state index contributed by atoms with van der Waals surface area (Å²) >= 11 is 0. The minimum Gasteiger partial charge on any atom is -0.388 e. The zero-order valence-corrected chi connectivity index (χ0v) is 8.85. The zero-order valence-electron chi connectivity index (χ0n) is 8.85. The Morgan fingerprint density at radius 2 is 2.27 bits per heavy atom. The first kappa shape index (κ1) is 8.80. The molecule has 0 fully saturated rings. The Kier molecular flexibility index (Phi) is 1.92. The Labute approximate surface area is 88.9 Å². The molecule has 2 aromatic rings. The fourth-order valence-corrected chi connectivity index (χ4v) is 2.33. The van der Waals surface area contributed by atoms with Crippen LogP contribution in [0.15, 0.2) is 18.2 Å². The summed E-state index contributed by atoms with van der Waals surface area (Å²) in [5.41, 5.74) is 5.25. The van der Waals surface area contributed by atoms with Crippen LogP contribution in [0.5, 0.6) is 0 Å². The first-order valence-corrected chi connectivity index (χ1v) is 5.40. The number of nitrogens with one attached hydrogen (secondary N) is 3.